The largest absolute Gasteiger partial charge is 0.352 e. The van der Waals surface area contributed by atoms with Crippen LogP contribution >= 0.6 is 23.2 Å². The van der Waals surface area contributed by atoms with Crippen LogP contribution in [-0.4, -0.2) is 43.8 Å². The maximum atomic E-state index is 14.2. The molecule has 1 N–H and O–H groups in total. The van der Waals surface area contributed by atoms with Crippen LogP contribution in [0.2, 0.25) is 10.0 Å². The van der Waals surface area contributed by atoms with Crippen LogP contribution in [-0.2, 0) is 26.2 Å². The van der Waals surface area contributed by atoms with E-state index in [0.29, 0.717) is 27.7 Å². The number of rotatable bonds is 11. The maximum Gasteiger partial charge on any atom is 0.264 e. The number of carbonyl (C=O) groups excluding carboxylic acids is 2. The van der Waals surface area contributed by atoms with Gasteiger partial charge in [-0.2, -0.15) is 0 Å². The Bertz CT molecular complexity index is 1430. The summed E-state index contributed by atoms with van der Waals surface area (Å²) in [5, 5.41) is 3.94. The molecule has 0 spiro atoms. The van der Waals surface area contributed by atoms with E-state index in [9.17, 15) is 18.0 Å². The van der Waals surface area contributed by atoms with Crippen molar-refractivity contribution in [3.63, 3.8) is 0 Å². The molecular weight excluding hydrogens is 581 g/mol. The quantitative estimate of drug-likeness (QED) is 0.269. The van der Waals surface area contributed by atoms with Crippen LogP contribution in [0.25, 0.3) is 0 Å². The number of para-hydroxylation sites is 1. The van der Waals surface area contributed by atoms with E-state index in [1.807, 2.05) is 6.92 Å². The molecule has 4 rings (SSSR count). The van der Waals surface area contributed by atoms with Gasteiger partial charge in [-0.15, -0.1) is 0 Å². The van der Waals surface area contributed by atoms with Crippen molar-refractivity contribution in [2.24, 2.45) is 0 Å². The Morgan fingerprint density at radius 1 is 0.927 bits per heavy atom. The average molecular weight is 617 g/mol. The minimum Gasteiger partial charge on any atom is -0.352 e. The van der Waals surface area contributed by atoms with Gasteiger partial charge in [0.2, 0.25) is 11.8 Å². The highest BCUT2D eigenvalue weighted by molar-refractivity contribution is 7.92. The van der Waals surface area contributed by atoms with Gasteiger partial charge >= 0.3 is 0 Å². The number of amides is 2. The lowest BCUT2D eigenvalue weighted by Gasteiger charge is -2.34. The molecule has 0 heterocycles. The Hall–Kier alpha value is -3.07. The Morgan fingerprint density at radius 3 is 2.17 bits per heavy atom. The Kier molecular flexibility index (Phi) is 10.7. The van der Waals surface area contributed by atoms with Crippen molar-refractivity contribution in [3.8, 4) is 0 Å². The molecule has 0 saturated heterocycles. The molecule has 0 radical (unpaired) electrons. The molecule has 1 saturated carbocycles. The Morgan fingerprint density at radius 2 is 1.56 bits per heavy atom. The maximum absolute atomic E-state index is 14.2. The van der Waals surface area contributed by atoms with E-state index in [1.54, 1.807) is 66.7 Å². The third-order valence-electron chi connectivity index (χ3n) is 7.35. The van der Waals surface area contributed by atoms with E-state index in [2.05, 4.69) is 5.32 Å². The summed E-state index contributed by atoms with van der Waals surface area (Å²) in [5.74, 6) is -0.778. The fourth-order valence-electron chi connectivity index (χ4n) is 5.14. The second-order valence-corrected chi connectivity index (χ2v) is 12.9. The molecule has 1 aliphatic rings. The highest BCUT2D eigenvalue weighted by atomic mass is 35.5. The van der Waals surface area contributed by atoms with Crippen LogP contribution in [0.3, 0.4) is 0 Å². The number of benzene rings is 3. The van der Waals surface area contributed by atoms with Crippen molar-refractivity contribution < 1.29 is 18.0 Å². The van der Waals surface area contributed by atoms with Gasteiger partial charge in [-0.3, -0.25) is 13.9 Å². The molecule has 2 amide bonds. The summed E-state index contributed by atoms with van der Waals surface area (Å²) in [6.45, 7) is 1.35. The fourth-order valence-corrected chi connectivity index (χ4v) is 7.04. The molecule has 1 aliphatic carbocycles. The zero-order valence-electron chi connectivity index (χ0n) is 23.0. The number of anilines is 1. The minimum absolute atomic E-state index is 0.0133. The molecule has 0 aliphatic heterocycles. The van der Waals surface area contributed by atoms with Crippen LogP contribution < -0.4 is 9.62 Å². The van der Waals surface area contributed by atoms with Gasteiger partial charge in [0.15, 0.2) is 0 Å². The summed E-state index contributed by atoms with van der Waals surface area (Å²) < 4.78 is 28.7. The first kappa shape index (κ1) is 30.9. The molecule has 10 heteroatoms. The van der Waals surface area contributed by atoms with E-state index in [4.69, 9.17) is 23.2 Å². The van der Waals surface area contributed by atoms with Gasteiger partial charge in [0.1, 0.15) is 12.6 Å². The van der Waals surface area contributed by atoms with Crippen LogP contribution in [0.15, 0.2) is 83.8 Å². The Labute approximate surface area is 252 Å². The smallest absolute Gasteiger partial charge is 0.264 e. The first-order valence-electron chi connectivity index (χ1n) is 13.9. The summed E-state index contributed by atoms with van der Waals surface area (Å²) in [7, 11) is -4.10. The molecule has 218 valence electrons. The number of sulfonamides is 1. The number of nitrogens with one attached hydrogen (secondary N) is 1. The monoisotopic (exact) mass is 615 g/mol. The van der Waals surface area contributed by atoms with Crippen molar-refractivity contribution in [2.45, 2.75) is 69.0 Å². The molecule has 41 heavy (non-hydrogen) atoms. The van der Waals surface area contributed by atoms with Gasteiger partial charge in [-0.05, 0) is 61.2 Å². The number of carbonyl (C=O) groups is 2. The summed E-state index contributed by atoms with van der Waals surface area (Å²) in [6, 6.07) is 20.7. The van der Waals surface area contributed by atoms with Crippen molar-refractivity contribution in [2.75, 3.05) is 10.8 Å². The lowest BCUT2D eigenvalue weighted by molar-refractivity contribution is -0.140. The highest BCUT2D eigenvalue weighted by Gasteiger charge is 2.34. The topological polar surface area (TPSA) is 86.8 Å². The van der Waals surface area contributed by atoms with Crippen molar-refractivity contribution in [1.82, 2.24) is 10.2 Å². The van der Waals surface area contributed by atoms with Gasteiger partial charge in [-0.25, -0.2) is 8.42 Å². The summed E-state index contributed by atoms with van der Waals surface area (Å²) >= 11 is 12.6. The lowest BCUT2D eigenvalue weighted by atomic mass is 9.95. The average Bonchev–Trinajstić information content (AvgIpc) is 2.98. The van der Waals surface area contributed by atoms with Gasteiger partial charge in [0, 0.05) is 22.6 Å². The first-order valence-corrected chi connectivity index (χ1v) is 16.1. The number of halogens is 2. The third-order valence-corrected chi connectivity index (χ3v) is 9.72. The second-order valence-electron chi connectivity index (χ2n) is 10.2. The molecule has 3 aromatic carbocycles. The zero-order chi connectivity index (χ0) is 29.4. The van der Waals surface area contributed by atoms with Gasteiger partial charge in [0.25, 0.3) is 10.0 Å². The van der Waals surface area contributed by atoms with E-state index in [1.165, 1.54) is 17.0 Å². The minimum atomic E-state index is -4.10. The molecule has 3 aromatic rings. The van der Waals surface area contributed by atoms with Crippen LogP contribution in [0.1, 0.15) is 51.0 Å². The Balaban J connectivity index is 1.70. The molecule has 1 unspecified atom stereocenters. The van der Waals surface area contributed by atoms with Crippen molar-refractivity contribution in [3.05, 3.63) is 94.5 Å². The predicted molar refractivity (Wildman–Crippen MR) is 164 cm³/mol. The second kappa shape index (κ2) is 14.2. The number of hydrogen-bond acceptors (Lipinski definition) is 4. The summed E-state index contributed by atoms with van der Waals surface area (Å²) in [5.41, 5.74) is 0.944. The standard InChI is InChI=1S/C31H35Cl2N3O4S/c1-2-29(31(38)34-25-12-6-3-7-13-25)35(21-23-18-19-24(32)20-28(23)33)30(37)22-36(26-14-8-4-9-15-26)41(39,40)27-16-10-5-11-17-27/h4-5,8-11,14-20,25,29H,2-3,6-7,12-13,21-22H2,1H3,(H,34,38). The molecule has 1 fully saturated rings. The van der Waals surface area contributed by atoms with Gasteiger partial charge < -0.3 is 10.2 Å². The number of nitrogens with zero attached hydrogens (tertiary/aromatic N) is 2. The molecular formula is C31H35Cl2N3O4S. The molecule has 1 atom stereocenters. The van der Waals surface area contributed by atoms with Crippen LogP contribution in [0.5, 0.6) is 0 Å². The van der Waals surface area contributed by atoms with Crippen LogP contribution in [0.4, 0.5) is 5.69 Å². The van der Waals surface area contributed by atoms with Crippen molar-refractivity contribution >= 4 is 50.7 Å². The number of hydrogen-bond donors (Lipinski definition) is 1. The normalized spacial score (nSPS) is 14.7. The van der Waals surface area contributed by atoms with Gasteiger partial charge in [-0.1, -0.05) is 91.9 Å². The molecule has 0 bridgehead atoms. The van der Waals surface area contributed by atoms with E-state index >= 15 is 0 Å². The summed E-state index contributed by atoms with van der Waals surface area (Å²) in [4.78, 5) is 29.3. The lowest BCUT2D eigenvalue weighted by Crippen LogP contribution is -2.54. The zero-order valence-corrected chi connectivity index (χ0v) is 25.3. The SMILES string of the molecule is CCC(C(=O)NC1CCCCC1)N(Cc1ccc(Cl)cc1Cl)C(=O)CN(c1ccccc1)S(=O)(=O)c1ccccc1. The predicted octanol–water partition coefficient (Wildman–Crippen LogP) is 6.45. The first-order chi connectivity index (χ1) is 19.7. The van der Waals surface area contributed by atoms with Gasteiger partial charge in [0.05, 0.1) is 10.6 Å². The van der Waals surface area contributed by atoms with E-state index in [0.717, 1.165) is 36.4 Å². The highest BCUT2D eigenvalue weighted by Crippen LogP contribution is 2.27. The van der Waals surface area contributed by atoms with E-state index < -0.39 is 28.5 Å². The summed E-state index contributed by atoms with van der Waals surface area (Å²) in [6.07, 6.45) is 5.38. The molecule has 0 aromatic heterocycles. The third kappa shape index (κ3) is 7.82. The van der Waals surface area contributed by atoms with Crippen LogP contribution in [0, 0.1) is 0 Å². The fraction of sp³-hybridized carbons (Fsp3) is 0.355. The molecule has 7 nitrogen and oxygen atoms in total. The van der Waals surface area contributed by atoms with Crippen molar-refractivity contribution in [1.29, 1.82) is 0 Å². The van der Waals surface area contributed by atoms with E-state index in [-0.39, 0.29) is 23.4 Å².